The molecule has 0 bridgehead atoms. The van der Waals surface area contributed by atoms with Crippen LogP contribution >= 0.6 is 0 Å². The summed E-state index contributed by atoms with van der Waals surface area (Å²) in [6, 6.07) is 0. The van der Waals surface area contributed by atoms with Gasteiger partial charge in [0.15, 0.2) is 0 Å². The number of hydrogen-bond donors (Lipinski definition) is 1. The predicted octanol–water partition coefficient (Wildman–Crippen LogP) is 1.40. The molecule has 0 amide bonds. The van der Waals surface area contributed by atoms with E-state index < -0.39 is 10.1 Å². The van der Waals surface area contributed by atoms with Crippen molar-refractivity contribution in [1.82, 2.24) is 0 Å². The molecule has 0 radical (unpaired) electrons. The largest absolute Gasteiger partial charge is 0.285 e. The standard InChI is InChI=1S/C7H12O3S/c1-7(2)5-3-4-6-11(8,9)10/h3-4H,1,5-6H2,2H3,(H,8,9,10). The molecule has 0 aromatic heterocycles. The van der Waals surface area contributed by atoms with Crippen molar-refractivity contribution in [2.75, 3.05) is 5.75 Å². The highest BCUT2D eigenvalue weighted by Gasteiger charge is 1.97. The zero-order valence-corrected chi connectivity index (χ0v) is 7.26. The van der Waals surface area contributed by atoms with E-state index in [1.807, 2.05) is 6.92 Å². The smallest absolute Gasteiger partial charge is 0.268 e. The Morgan fingerprint density at radius 1 is 1.55 bits per heavy atom. The normalized spacial score (nSPS) is 12.2. The molecule has 0 aliphatic carbocycles. The van der Waals surface area contributed by atoms with Gasteiger partial charge in [-0.2, -0.15) is 8.42 Å². The maximum atomic E-state index is 10.2. The van der Waals surface area contributed by atoms with Crippen LogP contribution in [-0.4, -0.2) is 18.7 Å². The summed E-state index contributed by atoms with van der Waals surface area (Å²) in [4.78, 5) is 0. The van der Waals surface area contributed by atoms with E-state index in [0.717, 1.165) is 5.57 Å². The molecule has 0 unspecified atom stereocenters. The van der Waals surface area contributed by atoms with Gasteiger partial charge in [0.05, 0.1) is 5.75 Å². The average molecular weight is 176 g/mol. The van der Waals surface area contributed by atoms with E-state index in [0.29, 0.717) is 6.42 Å². The topological polar surface area (TPSA) is 54.4 Å². The van der Waals surface area contributed by atoms with Crippen molar-refractivity contribution in [3.05, 3.63) is 24.3 Å². The monoisotopic (exact) mass is 176 g/mol. The summed E-state index contributed by atoms with van der Waals surface area (Å²) in [7, 11) is -3.84. The van der Waals surface area contributed by atoms with Gasteiger partial charge < -0.3 is 0 Å². The molecule has 0 aliphatic rings. The molecule has 3 nitrogen and oxygen atoms in total. The minimum absolute atomic E-state index is 0.319. The molecule has 1 N–H and O–H groups in total. The van der Waals surface area contributed by atoms with Crippen LogP contribution in [0.25, 0.3) is 0 Å². The summed E-state index contributed by atoms with van der Waals surface area (Å²) < 4.78 is 28.6. The summed E-state index contributed by atoms with van der Waals surface area (Å²) >= 11 is 0. The number of allylic oxidation sites excluding steroid dienone is 2. The summed E-state index contributed by atoms with van der Waals surface area (Å²) in [5, 5.41) is 0. The Balaban J connectivity index is 3.71. The quantitative estimate of drug-likeness (QED) is 0.520. The maximum absolute atomic E-state index is 10.2. The van der Waals surface area contributed by atoms with Gasteiger partial charge in [-0.15, -0.1) is 0 Å². The zero-order valence-electron chi connectivity index (χ0n) is 6.45. The molecule has 0 aliphatic heterocycles. The van der Waals surface area contributed by atoms with Crippen LogP contribution in [0.1, 0.15) is 13.3 Å². The summed E-state index contributed by atoms with van der Waals surface area (Å²) in [6.07, 6.45) is 3.72. The molecule has 0 fully saturated rings. The second-order valence-corrected chi connectivity index (χ2v) is 3.88. The van der Waals surface area contributed by atoms with Gasteiger partial charge in [0.2, 0.25) is 0 Å². The fourth-order valence-corrected chi connectivity index (χ4v) is 0.853. The number of hydrogen-bond acceptors (Lipinski definition) is 2. The van der Waals surface area contributed by atoms with Gasteiger partial charge in [-0.3, -0.25) is 4.55 Å². The minimum atomic E-state index is -3.84. The van der Waals surface area contributed by atoms with E-state index in [4.69, 9.17) is 4.55 Å². The SMILES string of the molecule is C=C(C)CC=CCS(=O)(=O)O. The lowest BCUT2D eigenvalue weighted by Crippen LogP contribution is -1.99. The molecule has 0 spiro atoms. The van der Waals surface area contributed by atoms with Crippen molar-refractivity contribution in [3.63, 3.8) is 0 Å². The van der Waals surface area contributed by atoms with Gasteiger partial charge in [0, 0.05) is 0 Å². The third-order valence-electron chi connectivity index (χ3n) is 0.940. The Morgan fingerprint density at radius 3 is 2.45 bits per heavy atom. The van der Waals surface area contributed by atoms with Crippen molar-refractivity contribution in [2.45, 2.75) is 13.3 Å². The van der Waals surface area contributed by atoms with Crippen LogP contribution in [0, 0.1) is 0 Å². The Kier molecular flexibility index (Phi) is 4.07. The van der Waals surface area contributed by atoms with Crippen LogP contribution in [0.2, 0.25) is 0 Å². The Labute approximate surface area is 67.2 Å². The van der Waals surface area contributed by atoms with Crippen LogP contribution in [0.3, 0.4) is 0 Å². The van der Waals surface area contributed by atoms with Crippen LogP contribution in [0.4, 0.5) is 0 Å². The first kappa shape index (κ1) is 10.4. The lowest BCUT2D eigenvalue weighted by molar-refractivity contribution is 0.486. The number of rotatable bonds is 4. The van der Waals surface area contributed by atoms with Crippen molar-refractivity contribution in [3.8, 4) is 0 Å². The Bertz CT molecular complexity index is 249. The predicted molar refractivity (Wildman–Crippen MR) is 45.0 cm³/mol. The molecular weight excluding hydrogens is 164 g/mol. The molecule has 64 valence electrons. The van der Waals surface area contributed by atoms with Crippen molar-refractivity contribution in [2.24, 2.45) is 0 Å². The summed E-state index contributed by atoms with van der Waals surface area (Å²) in [6.45, 7) is 5.47. The molecule has 0 aromatic rings. The van der Waals surface area contributed by atoms with Gasteiger partial charge in [-0.1, -0.05) is 24.3 Å². The first-order chi connectivity index (χ1) is 4.92. The minimum Gasteiger partial charge on any atom is -0.285 e. The first-order valence-corrected chi connectivity index (χ1v) is 4.77. The van der Waals surface area contributed by atoms with Gasteiger partial charge in [-0.05, 0) is 13.3 Å². The Morgan fingerprint density at radius 2 is 2.09 bits per heavy atom. The second-order valence-electron chi connectivity index (χ2n) is 2.38. The molecule has 11 heavy (non-hydrogen) atoms. The van der Waals surface area contributed by atoms with E-state index in [9.17, 15) is 8.42 Å². The third kappa shape index (κ3) is 9.39. The fraction of sp³-hybridized carbons (Fsp3) is 0.429. The fourth-order valence-electron chi connectivity index (χ4n) is 0.474. The highest BCUT2D eigenvalue weighted by Crippen LogP contribution is 1.96. The highest BCUT2D eigenvalue weighted by atomic mass is 32.2. The molecule has 4 heteroatoms. The van der Waals surface area contributed by atoms with E-state index in [2.05, 4.69) is 6.58 Å². The van der Waals surface area contributed by atoms with Crippen LogP contribution in [-0.2, 0) is 10.1 Å². The van der Waals surface area contributed by atoms with Gasteiger partial charge in [0.25, 0.3) is 10.1 Å². The molecule has 0 atom stereocenters. The molecule has 0 rings (SSSR count). The third-order valence-corrected chi connectivity index (χ3v) is 1.55. The highest BCUT2D eigenvalue weighted by molar-refractivity contribution is 7.85. The summed E-state index contributed by atoms with van der Waals surface area (Å²) in [5.74, 6) is -0.319. The lowest BCUT2D eigenvalue weighted by atomic mass is 10.2. The maximum Gasteiger partial charge on any atom is 0.268 e. The van der Waals surface area contributed by atoms with Crippen molar-refractivity contribution >= 4 is 10.1 Å². The van der Waals surface area contributed by atoms with Crippen molar-refractivity contribution < 1.29 is 13.0 Å². The van der Waals surface area contributed by atoms with Crippen molar-refractivity contribution in [1.29, 1.82) is 0 Å². The van der Waals surface area contributed by atoms with Gasteiger partial charge in [0.1, 0.15) is 0 Å². The lowest BCUT2D eigenvalue weighted by Gasteiger charge is -1.89. The molecular formula is C7H12O3S. The van der Waals surface area contributed by atoms with Crippen LogP contribution in [0.15, 0.2) is 24.3 Å². The van der Waals surface area contributed by atoms with Gasteiger partial charge in [-0.25, -0.2) is 0 Å². The van der Waals surface area contributed by atoms with E-state index in [1.165, 1.54) is 6.08 Å². The van der Waals surface area contributed by atoms with E-state index in [-0.39, 0.29) is 5.75 Å². The molecule has 0 saturated heterocycles. The molecule has 0 heterocycles. The second kappa shape index (κ2) is 4.31. The molecule has 0 saturated carbocycles. The van der Waals surface area contributed by atoms with E-state index >= 15 is 0 Å². The molecule has 0 aromatic carbocycles. The zero-order chi connectivity index (χ0) is 8.91. The van der Waals surface area contributed by atoms with Crippen LogP contribution in [0.5, 0.6) is 0 Å². The summed E-state index contributed by atoms with van der Waals surface area (Å²) in [5.41, 5.74) is 0.955. The van der Waals surface area contributed by atoms with Gasteiger partial charge >= 0.3 is 0 Å². The average Bonchev–Trinajstić information content (AvgIpc) is 1.78. The van der Waals surface area contributed by atoms with E-state index in [1.54, 1.807) is 6.08 Å². The first-order valence-electron chi connectivity index (χ1n) is 3.16. The Hall–Kier alpha value is -0.610. The van der Waals surface area contributed by atoms with Crippen LogP contribution < -0.4 is 0 Å².